The van der Waals surface area contributed by atoms with E-state index >= 15 is 0 Å². The Bertz CT molecular complexity index is 243. The zero-order valence-electron chi connectivity index (χ0n) is 10.7. The standard InChI is InChI=1S/C14H25NO/c1-3-4-5-6-7-8-10-15-13(2)14-9-11-16-12-14/h9,11-13,15H,3-8,10H2,1-2H3. The van der Waals surface area contributed by atoms with Crippen molar-refractivity contribution in [2.75, 3.05) is 6.54 Å². The maximum absolute atomic E-state index is 5.07. The molecular formula is C14H25NO. The average molecular weight is 223 g/mol. The van der Waals surface area contributed by atoms with E-state index < -0.39 is 0 Å². The number of unbranched alkanes of at least 4 members (excludes halogenated alkanes) is 5. The molecule has 2 nitrogen and oxygen atoms in total. The Morgan fingerprint density at radius 2 is 1.94 bits per heavy atom. The van der Waals surface area contributed by atoms with Crippen molar-refractivity contribution >= 4 is 0 Å². The molecule has 0 saturated heterocycles. The normalized spacial score (nSPS) is 12.9. The summed E-state index contributed by atoms with van der Waals surface area (Å²) < 4.78 is 5.07. The lowest BCUT2D eigenvalue weighted by molar-refractivity contribution is 0.516. The van der Waals surface area contributed by atoms with Crippen LogP contribution in [0.15, 0.2) is 23.0 Å². The first kappa shape index (κ1) is 13.3. The van der Waals surface area contributed by atoms with Gasteiger partial charge in [0.1, 0.15) is 0 Å². The van der Waals surface area contributed by atoms with Crippen LogP contribution in [-0.2, 0) is 0 Å². The van der Waals surface area contributed by atoms with E-state index in [2.05, 4.69) is 19.2 Å². The molecule has 16 heavy (non-hydrogen) atoms. The van der Waals surface area contributed by atoms with Gasteiger partial charge in [0.15, 0.2) is 0 Å². The molecule has 0 radical (unpaired) electrons. The van der Waals surface area contributed by atoms with Gasteiger partial charge in [-0.25, -0.2) is 0 Å². The van der Waals surface area contributed by atoms with Crippen LogP contribution in [-0.4, -0.2) is 6.54 Å². The summed E-state index contributed by atoms with van der Waals surface area (Å²) >= 11 is 0. The molecule has 0 aliphatic rings. The van der Waals surface area contributed by atoms with Crippen LogP contribution in [0, 0.1) is 0 Å². The summed E-state index contributed by atoms with van der Waals surface area (Å²) in [6.07, 6.45) is 11.7. The highest BCUT2D eigenvalue weighted by atomic mass is 16.3. The van der Waals surface area contributed by atoms with Crippen molar-refractivity contribution in [2.24, 2.45) is 0 Å². The van der Waals surface area contributed by atoms with Crippen LogP contribution >= 0.6 is 0 Å². The summed E-state index contributed by atoms with van der Waals surface area (Å²) in [5, 5.41) is 3.52. The van der Waals surface area contributed by atoms with E-state index in [0.717, 1.165) is 6.54 Å². The third-order valence-electron chi connectivity index (χ3n) is 3.02. The predicted octanol–water partition coefficient (Wildman–Crippen LogP) is 4.29. The minimum absolute atomic E-state index is 0.411. The monoisotopic (exact) mass is 223 g/mol. The van der Waals surface area contributed by atoms with Crippen molar-refractivity contribution in [3.63, 3.8) is 0 Å². The number of rotatable bonds is 9. The molecular weight excluding hydrogens is 198 g/mol. The van der Waals surface area contributed by atoms with Crippen LogP contribution in [0.2, 0.25) is 0 Å². The highest BCUT2D eigenvalue weighted by Crippen LogP contribution is 2.12. The first-order chi connectivity index (χ1) is 7.84. The highest BCUT2D eigenvalue weighted by molar-refractivity contribution is 5.09. The Kier molecular flexibility index (Phi) is 6.98. The van der Waals surface area contributed by atoms with Crippen LogP contribution in [0.1, 0.15) is 64.0 Å². The quantitative estimate of drug-likeness (QED) is 0.632. The lowest BCUT2D eigenvalue weighted by Crippen LogP contribution is -2.19. The molecule has 0 spiro atoms. The zero-order valence-corrected chi connectivity index (χ0v) is 10.7. The first-order valence-electron chi connectivity index (χ1n) is 6.60. The molecule has 1 N–H and O–H groups in total. The summed E-state index contributed by atoms with van der Waals surface area (Å²) in [6.45, 7) is 5.55. The minimum atomic E-state index is 0.411. The number of hydrogen-bond donors (Lipinski definition) is 1. The van der Waals surface area contributed by atoms with Gasteiger partial charge in [-0.05, 0) is 26.0 Å². The highest BCUT2D eigenvalue weighted by Gasteiger charge is 2.04. The summed E-state index contributed by atoms with van der Waals surface area (Å²) in [5.41, 5.74) is 1.24. The van der Waals surface area contributed by atoms with Gasteiger partial charge in [0.2, 0.25) is 0 Å². The van der Waals surface area contributed by atoms with Crippen molar-refractivity contribution in [1.82, 2.24) is 5.32 Å². The van der Waals surface area contributed by atoms with Crippen LogP contribution < -0.4 is 5.32 Å². The van der Waals surface area contributed by atoms with Crippen molar-refractivity contribution in [3.8, 4) is 0 Å². The second-order valence-corrected chi connectivity index (χ2v) is 4.50. The molecule has 92 valence electrons. The third-order valence-corrected chi connectivity index (χ3v) is 3.02. The molecule has 1 rings (SSSR count). The lowest BCUT2D eigenvalue weighted by Gasteiger charge is -2.11. The minimum Gasteiger partial charge on any atom is -0.472 e. The van der Waals surface area contributed by atoms with Crippen LogP contribution in [0.4, 0.5) is 0 Å². The van der Waals surface area contributed by atoms with Gasteiger partial charge in [-0.1, -0.05) is 39.0 Å². The second kappa shape index (κ2) is 8.40. The van der Waals surface area contributed by atoms with Gasteiger partial charge in [0.05, 0.1) is 12.5 Å². The van der Waals surface area contributed by atoms with Gasteiger partial charge < -0.3 is 9.73 Å². The predicted molar refractivity (Wildman–Crippen MR) is 68.5 cm³/mol. The van der Waals surface area contributed by atoms with Crippen molar-refractivity contribution in [2.45, 2.75) is 58.4 Å². The van der Waals surface area contributed by atoms with E-state index in [9.17, 15) is 0 Å². The smallest absolute Gasteiger partial charge is 0.0950 e. The molecule has 0 bridgehead atoms. The molecule has 2 heteroatoms. The average Bonchev–Trinajstić information content (AvgIpc) is 2.81. The molecule has 0 aliphatic carbocycles. The van der Waals surface area contributed by atoms with Crippen molar-refractivity contribution in [3.05, 3.63) is 24.2 Å². The fourth-order valence-electron chi connectivity index (χ4n) is 1.86. The van der Waals surface area contributed by atoms with Crippen LogP contribution in [0.3, 0.4) is 0 Å². The zero-order chi connectivity index (χ0) is 11.6. The summed E-state index contributed by atoms with van der Waals surface area (Å²) in [5.74, 6) is 0. The van der Waals surface area contributed by atoms with Gasteiger partial charge in [-0.15, -0.1) is 0 Å². The van der Waals surface area contributed by atoms with Gasteiger partial charge in [0.25, 0.3) is 0 Å². The molecule has 0 aromatic carbocycles. The number of nitrogens with one attached hydrogen (secondary N) is 1. The Labute approximate surface area is 99.4 Å². The lowest BCUT2D eigenvalue weighted by atomic mass is 10.1. The maximum atomic E-state index is 5.07. The summed E-state index contributed by atoms with van der Waals surface area (Å²) in [4.78, 5) is 0. The van der Waals surface area contributed by atoms with E-state index in [1.54, 1.807) is 6.26 Å². The Hall–Kier alpha value is -0.760. The Morgan fingerprint density at radius 1 is 1.19 bits per heavy atom. The van der Waals surface area contributed by atoms with E-state index in [1.165, 1.54) is 44.1 Å². The summed E-state index contributed by atoms with van der Waals surface area (Å²) in [6, 6.07) is 2.44. The molecule has 0 saturated carbocycles. The van der Waals surface area contributed by atoms with Gasteiger partial charge in [-0.3, -0.25) is 0 Å². The Morgan fingerprint density at radius 3 is 2.62 bits per heavy atom. The second-order valence-electron chi connectivity index (χ2n) is 4.50. The van der Waals surface area contributed by atoms with Crippen LogP contribution in [0.5, 0.6) is 0 Å². The molecule has 0 amide bonds. The maximum Gasteiger partial charge on any atom is 0.0950 e. The molecule has 0 fully saturated rings. The molecule has 0 aliphatic heterocycles. The van der Waals surface area contributed by atoms with Gasteiger partial charge in [0, 0.05) is 11.6 Å². The van der Waals surface area contributed by atoms with Crippen molar-refractivity contribution < 1.29 is 4.42 Å². The van der Waals surface area contributed by atoms with Crippen molar-refractivity contribution in [1.29, 1.82) is 0 Å². The molecule has 1 aromatic heterocycles. The number of hydrogen-bond acceptors (Lipinski definition) is 2. The summed E-state index contributed by atoms with van der Waals surface area (Å²) in [7, 11) is 0. The number of furan rings is 1. The topological polar surface area (TPSA) is 25.2 Å². The van der Waals surface area contributed by atoms with Gasteiger partial charge >= 0.3 is 0 Å². The Balaban J connectivity index is 1.95. The van der Waals surface area contributed by atoms with E-state index in [4.69, 9.17) is 4.42 Å². The molecule has 1 atom stereocenters. The van der Waals surface area contributed by atoms with E-state index in [1.807, 2.05) is 12.3 Å². The fraction of sp³-hybridized carbons (Fsp3) is 0.714. The molecule has 1 heterocycles. The third kappa shape index (κ3) is 5.36. The first-order valence-corrected chi connectivity index (χ1v) is 6.60. The van der Waals surface area contributed by atoms with E-state index in [-0.39, 0.29) is 0 Å². The fourth-order valence-corrected chi connectivity index (χ4v) is 1.86. The van der Waals surface area contributed by atoms with Crippen LogP contribution in [0.25, 0.3) is 0 Å². The SMILES string of the molecule is CCCCCCCCNC(C)c1ccoc1. The molecule has 1 aromatic rings. The van der Waals surface area contributed by atoms with Gasteiger partial charge in [-0.2, -0.15) is 0 Å². The largest absolute Gasteiger partial charge is 0.472 e. The van der Waals surface area contributed by atoms with E-state index in [0.29, 0.717) is 6.04 Å². The molecule has 1 unspecified atom stereocenters.